The van der Waals surface area contributed by atoms with E-state index in [1.165, 1.54) is 51.9 Å². The molecule has 2 aliphatic heterocycles. The number of carboxylic acids is 1. The van der Waals surface area contributed by atoms with Crippen LogP contribution in [-0.2, 0) is 9.59 Å². The average molecular weight is 467 g/mol. The van der Waals surface area contributed by atoms with Gasteiger partial charge in [-0.1, -0.05) is 23.1 Å². The molecule has 2 atom stereocenters. The lowest BCUT2D eigenvalue weighted by atomic mass is 10.0. The largest absolute Gasteiger partial charge is 0.477 e. The van der Waals surface area contributed by atoms with Crippen molar-refractivity contribution in [2.75, 3.05) is 11.5 Å². The van der Waals surface area contributed by atoms with E-state index >= 15 is 0 Å². The van der Waals surface area contributed by atoms with Crippen LogP contribution in [0.3, 0.4) is 0 Å². The van der Waals surface area contributed by atoms with Gasteiger partial charge in [0.25, 0.3) is 11.8 Å². The van der Waals surface area contributed by atoms with Crippen molar-refractivity contribution in [2.24, 2.45) is 0 Å². The maximum absolute atomic E-state index is 13.0. The number of β-lactam (4-membered cyclic amide) rings is 1. The summed E-state index contributed by atoms with van der Waals surface area (Å²) in [6.07, 6.45) is 0. The van der Waals surface area contributed by atoms with Crippen LogP contribution in [0.4, 0.5) is 4.39 Å². The molecule has 0 unspecified atom stereocenters. The third-order valence-corrected chi connectivity index (χ3v) is 7.92. The molecule has 3 heterocycles. The third kappa shape index (κ3) is 3.94. The van der Waals surface area contributed by atoms with Crippen LogP contribution in [0.15, 0.2) is 39.9 Å². The van der Waals surface area contributed by atoms with Crippen molar-refractivity contribution in [3.8, 4) is 0 Å². The first kappa shape index (κ1) is 20.8. The lowest BCUT2D eigenvalue weighted by molar-refractivity contribution is -0.148. The summed E-state index contributed by atoms with van der Waals surface area (Å²) >= 11 is 4.20. The number of carbonyl (C=O) groups is 3. The molecule has 2 aromatic rings. The maximum atomic E-state index is 13.0. The van der Waals surface area contributed by atoms with Gasteiger partial charge >= 0.3 is 5.97 Å². The van der Waals surface area contributed by atoms with Crippen molar-refractivity contribution >= 4 is 52.6 Å². The Labute approximate surface area is 182 Å². The number of thioether (sulfide) groups is 2. The van der Waals surface area contributed by atoms with Crippen LogP contribution in [0, 0.1) is 12.7 Å². The lowest BCUT2D eigenvalue weighted by Gasteiger charge is -2.49. The molecule has 0 aliphatic carbocycles. The molecule has 0 saturated carbocycles. The van der Waals surface area contributed by atoms with Crippen molar-refractivity contribution < 1.29 is 23.9 Å². The molecule has 1 aromatic carbocycles. The number of carboxylic acid groups (broad SMARTS) is 1. The number of carbonyl (C=O) groups excluding carboxylic acids is 2. The number of aromatic nitrogens is 2. The molecule has 0 radical (unpaired) electrons. The highest BCUT2D eigenvalue weighted by atomic mass is 32.2. The van der Waals surface area contributed by atoms with Gasteiger partial charge in [0.05, 0.1) is 0 Å². The Balaban J connectivity index is 1.47. The standard InChI is InChI=1S/C18H15FN4O4S3/c1-8-21-22-18(30-8)29-7-10-6-28-16-12(15(25)23(16)13(10)17(26)27)20-14(24)9-2-4-11(19)5-3-9/h2-5,12,16H,6-7H2,1H3,(H,20,24)(H,26,27)/t12-,16-/m1/s1. The smallest absolute Gasteiger partial charge is 0.352 e. The van der Waals surface area contributed by atoms with Crippen molar-refractivity contribution in [3.63, 3.8) is 0 Å². The Morgan fingerprint density at radius 3 is 2.70 bits per heavy atom. The number of nitrogens with one attached hydrogen (secondary N) is 1. The molecule has 0 spiro atoms. The summed E-state index contributed by atoms with van der Waals surface area (Å²) < 4.78 is 13.8. The zero-order valence-electron chi connectivity index (χ0n) is 15.5. The molecule has 1 saturated heterocycles. The summed E-state index contributed by atoms with van der Waals surface area (Å²) in [5.74, 6) is -1.83. The zero-order chi connectivity index (χ0) is 21.4. The SMILES string of the molecule is Cc1nnc(SCC2=C(C(=O)O)N3C(=O)[C@@H](NC(=O)c4ccc(F)cc4)[C@H]3SC2)s1. The molecular weight excluding hydrogens is 451 g/mol. The molecule has 4 rings (SSSR count). The Bertz CT molecular complexity index is 1060. The number of nitrogens with zero attached hydrogens (tertiary/aromatic N) is 3. The average Bonchev–Trinajstić information content (AvgIpc) is 3.15. The van der Waals surface area contributed by atoms with Gasteiger partial charge in [-0.15, -0.1) is 22.0 Å². The lowest BCUT2D eigenvalue weighted by Crippen LogP contribution is -2.70. The minimum Gasteiger partial charge on any atom is -0.477 e. The monoisotopic (exact) mass is 466 g/mol. The highest BCUT2D eigenvalue weighted by Crippen LogP contribution is 2.41. The molecule has 1 fully saturated rings. The van der Waals surface area contributed by atoms with Crippen LogP contribution in [-0.4, -0.2) is 60.9 Å². The molecule has 8 nitrogen and oxygen atoms in total. The van der Waals surface area contributed by atoms with E-state index in [4.69, 9.17) is 0 Å². The van der Waals surface area contributed by atoms with Gasteiger partial charge in [0.15, 0.2) is 4.34 Å². The summed E-state index contributed by atoms with van der Waals surface area (Å²) in [7, 11) is 0. The topological polar surface area (TPSA) is 112 Å². The second-order valence-corrected chi connectivity index (χ2v) is 10.0. The van der Waals surface area contributed by atoms with Crippen LogP contribution in [0.2, 0.25) is 0 Å². The number of hydrogen-bond donors (Lipinski definition) is 2. The molecule has 2 aliphatic rings. The fourth-order valence-electron chi connectivity index (χ4n) is 3.11. The van der Waals surface area contributed by atoms with Crippen LogP contribution in [0.5, 0.6) is 0 Å². The summed E-state index contributed by atoms with van der Waals surface area (Å²) in [5, 5.41) is 20.6. The summed E-state index contributed by atoms with van der Waals surface area (Å²) in [5.41, 5.74) is 0.810. The van der Waals surface area contributed by atoms with E-state index in [0.29, 0.717) is 17.1 Å². The fraction of sp³-hybridized carbons (Fsp3) is 0.278. The van der Waals surface area contributed by atoms with Gasteiger partial charge in [-0.05, 0) is 36.8 Å². The van der Waals surface area contributed by atoms with Crippen LogP contribution in [0.1, 0.15) is 15.4 Å². The summed E-state index contributed by atoms with van der Waals surface area (Å²) in [6, 6.07) is 4.14. The van der Waals surface area contributed by atoms with E-state index in [1.807, 2.05) is 6.92 Å². The van der Waals surface area contributed by atoms with Crippen molar-refractivity contribution in [3.05, 3.63) is 51.9 Å². The predicted octanol–water partition coefficient (Wildman–Crippen LogP) is 2.13. The van der Waals surface area contributed by atoms with E-state index in [9.17, 15) is 23.9 Å². The number of amides is 2. The zero-order valence-corrected chi connectivity index (χ0v) is 17.9. The van der Waals surface area contributed by atoms with Crippen molar-refractivity contribution in [1.29, 1.82) is 0 Å². The third-order valence-electron chi connectivity index (χ3n) is 4.52. The molecule has 2 amide bonds. The van der Waals surface area contributed by atoms with E-state index in [2.05, 4.69) is 15.5 Å². The number of hydrogen-bond acceptors (Lipinski definition) is 8. The summed E-state index contributed by atoms with van der Waals surface area (Å²) in [6.45, 7) is 1.84. The van der Waals surface area contributed by atoms with Crippen LogP contribution in [0.25, 0.3) is 0 Å². The van der Waals surface area contributed by atoms with E-state index in [1.54, 1.807) is 0 Å². The van der Waals surface area contributed by atoms with Crippen molar-refractivity contribution in [2.45, 2.75) is 22.7 Å². The number of aliphatic carboxylic acids is 1. The Kier molecular flexibility index (Phi) is 5.80. The van der Waals surface area contributed by atoms with E-state index in [0.717, 1.165) is 21.5 Å². The highest BCUT2D eigenvalue weighted by Gasteiger charge is 2.54. The van der Waals surface area contributed by atoms with Crippen LogP contribution < -0.4 is 5.32 Å². The Morgan fingerprint density at radius 2 is 2.07 bits per heavy atom. The fourth-order valence-corrected chi connectivity index (χ4v) is 6.41. The van der Waals surface area contributed by atoms with E-state index in [-0.39, 0.29) is 11.3 Å². The van der Waals surface area contributed by atoms with Gasteiger partial charge in [0.1, 0.15) is 27.9 Å². The minimum absolute atomic E-state index is 0.0373. The van der Waals surface area contributed by atoms with Gasteiger partial charge < -0.3 is 10.4 Å². The molecule has 12 heteroatoms. The molecular formula is C18H15FN4O4S3. The second-order valence-electron chi connectivity index (χ2n) is 6.50. The van der Waals surface area contributed by atoms with Crippen molar-refractivity contribution in [1.82, 2.24) is 20.4 Å². The number of rotatable bonds is 6. The number of benzene rings is 1. The number of halogens is 1. The quantitative estimate of drug-likeness (QED) is 0.492. The first-order valence-corrected chi connectivity index (χ1v) is 11.6. The molecule has 0 bridgehead atoms. The summed E-state index contributed by atoms with van der Waals surface area (Å²) in [4.78, 5) is 38.1. The van der Waals surface area contributed by atoms with Gasteiger partial charge in [-0.3, -0.25) is 14.5 Å². The van der Waals surface area contributed by atoms with Gasteiger partial charge in [0.2, 0.25) is 0 Å². The molecule has 156 valence electrons. The van der Waals surface area contributed by atoms with Gasteiger partial charge in [0, 0.05) is 17.1 Å². The Hall–Kier alpha value is -2.44. The number of fused-ring (bicyclic) bond motifs is 1. The first-order chi connectivity index (χ1) is 14.3. The molecule has 30 heavy (non-hydrogen) atoms. The van der Waals surface area contributed by atoms with Gasteiger partial charge in [-0.25, -0.2) is 9.18 Å². The predicted molar refractivity (Wildman–Crippen MR) is 111 cm³/mol. The number of aryl methyl sites for hydroxylation is 1. The van der Waals surface area contributed by atoms with Crippen LogP contribution >= 0.6 is 34.9 Å². The Morgan fingerprint density at radius 1 is 1.33 bits per heavy atom. The maximum Gasteiger partial charge on any atom is 0.352 e. The minimum atomic E-state index is -1.18. The highest BCUT2D eigenvalue weighted by molar-refractivity contribution is 8.01. The van der Waals surface area contributed by atoms with E-state index < -0.39 is 35.0 Å². The second kappa shape index (κ2) is 8.36. The molecule has 2 N–H and O–H groups in total. The van der Waals surface area contributed by atoms with Gasteiger partial charge in [-0.2, -0.15) is 0 Å². The molecule has 1 aromatic heterocycles. The normalized spacial score (nSPS) is 20.6. The first-order valence-electron chi connectivity index (χ1n) is 8.74.